The van der Waals surface area contributed by atoms with E-state index in [0.29, 0.717) is 24.3 Å². The molecule has 4 rings (SSSR count). The van der Waals surface area contributed by atoms with Crippen LogP contribution in [0, 0.1) is 6.92 Å². The molecule has 2 atom stereocenters. The Bertz CT molecular complexity index is 1060. The molecule has 1 saturated heterocycles. The van der Waals surface area contributed by atoms with Crippen LogP contribution in [-0.4, -0.2) is 62.4 Å². The lowest BCUT2D eigenvalue weighted by molar-refractivity contribution is 0.119. The summed E-state index contributed by atoms with van der Waals surface area (Å²) in [6.07, 6.45) is 1.13. The number of hydrogen-bond acceptors (Lipinski definition) is 7. The molecule has 4 heterocycles. The highest BCUT2D eigenvalue weighted by Gasteiger charge is 2.31. The number of nitrogens with zero attached hydrogens (tertiary/aromatic N) is 5. The van der Waals surface area contributed by atoms with Crippen LogP contribution in [-0.2, 0) is 0 Å². The van der Waals surface area contributed by atoms with Crippen molar-refractivity contribution in [2.45, 2.75) is 45.4 Å². The molecular weight excluding hydrogens is 405 g/mol. The summed E-state index contributed by atoms with van der Waals surface area (Å²) in [7, 11) is 0. The summed E-state index contributed by atoms with van der Waals surface area (Å²) in [4.78, 5) is 23.0. The summed E-state index contributed by atoms with van der Waals surface area (Å²) in [5.41, 5.74) is 1.41. The zero-order valence-corrected chi connectivity index (χ0v) is 17.9. The molecule has 3 aromatic rings. The molecule has 2 N–H and O–H groups in total. The Hall–Kier alpha value is -2.72. The zero-order valence-electron chi connectivity index (χ0n) is 17.1. The molecule has 1 fully saturated rings. The minimum atomic E-state index is -1.10. The SMILES string of the molecule is Cc1nnc(-c2ccc3cnc(NC(=O)N4CC[C@@H](NC(C)C)[C@H](F)C4)cc3n2)s1. The van der Waals surface area contributed by atoms with E-state index in [0.717, 1.165) is 21.1 Å². The quantitative estimate of drug-likeness (QED) is 0.660. The number of urea groups is 1. The molecule has 3 aromatic heterocycles. The first kappa shape index (κ1) is 20.5. The van der Waals surface area contributed by atoms with Crippen LogP contribution in [0.1, 0.15) is 25.3 Å². The van der Waals surface area contributed by atoms with Gasteiger partial charge in [-0.3, -0.25) is 5.32 Å². The van der Waals surface area contributed by atoms with Crippen LogP contribution in [0.2, 0.25) is 0 Å². The second-order valence-electron chi connectivity index (χ2n) is 7.69. The molecule has 0 bridgehead atoms. The van der Waals surface area contributed by atoms with E-state index in [-0.39, 0.29) is 24.7 Å². The van der Waals surface area contributed by atoms with Gasteiger partial charge in [-0.2, -0.15) is 0 Å². The number of likely N-dealkylation sites (tertiary alicyclic amines) is 1. The number of amides is 2. The molecule has 2 amide bonds. The fraction of sp³-hybridized carbons (Fsp3) is 0.450. The Morgan fingerprint density at radius 2 is 2.17 bits per heavy atom. The van der Waals surface area contributed by atoms with E-state index in [2.05, 4.69) is 30.8 Å². The lowest BCUT2D eigenvalue weighted by Crippen LogP contribution is -2.54. The minimum absolute atomic E-state index is 0.0581. The number of alkyl halides is 1. The second-order valence-corrected chi connectivity index (χ2v) is 8.88. The molecule has 0 radical (unpaired) electrons. The second kappa shape index (κ2) is 8.57. The Morgan fingerprint density at radius 3 is 2.87 bits per heavy atom. The largest absolute Gasteiger partial charge is 0.323 e. The van der Waals surface area contributed by atoms with Crippen molar-refractivity contribution in [3.05, 3.63) is 29.4 Å². The van der Waals surface area contributed by atoms with Crippen LogP contribution in [0.25, 0.3) is 21.6 Å². The molecule has 8 nitrogen and oxygen atoms in total. The van der Waals surface area contributed by atoms with Crippen LogP contribution < -0.4 is 10.6 Å². The third kappa shape index (κ3) is 4.54. The van der Waals surface area contributed by atoms with Gasteiger partial charge in [0.25, 0.3) is 0 Å². The summed E-state index contributed by atoms with van der Waals surface area (Å²) >= 11 is 1.47. The van der Waals surface area contributed by atoms with Crippen LogP contribution >= 0.6 is 11.3 Å². The Labute approximate surface area is 177 Å². The average molecular weight is 430 g/mol. The number of carbonyl (C=O) groups excluding carboxylic acids is 1. The first-order valence-electron chi connectivity index (χ1n) is 9.92. The van der Waals surface area contributed by atoms with E-state index in [1.165, 1.54) is 16.2 Å². The van der Waals surface area contributed by atoms with Crippen LogP contribution in [0.5, 0.6) is 0 Å². The number of anilines is 1. The molecule has 0 spiro atoms. The van der Waals surface area contributed by atoms with E-state index in [4.69, 9.17) is 0 Å². The van der Waals surface area contributed by atoms with E-state index >= 15 is 0 Å². The van der Waals surface area contributed by atoms with Gasteiger partial charge in [0.05, 0.1) is 12.1 Å². The molecular formula is C20H24FN7OS. The number of fused-ring (bicyclic) bond motifs is 1. The molecule has 30 heavy (non-hydrogen) atoms. The van der Waals surface area contributed by atoms with Gasteiger partial charge >= 0.3 is 6.03 Å². The van der Waals surface area contributed by atoms with Crippen molar-refractivity contribution in [2.24, 2.45) is 0 Å². The summed E-state index contributed by atoms with van der Waals surface area (Å²) in [6, 6.07) is 5.12. The van der Waals surface area contributed by atoms with E-state index in [1.54, 1.807) is 12.3 Å². The fourth-order valence-corrected chi connectivity index (χ4v) is 4.16. The van der Waals surface area contributed by atoms with E-state index < -0.39 is 6.17 Å². The van der Waals surface area contributed by atoms with Crippen molar-refractivity contribution in [3.63, 3.8) is 0 Å². The van der Waals surface area contributed by atoms with Crippen LogP contribution in [0.3, 0.4) is 0 Å². The highest BCUT2D eigenvalue weighted by Crippen LogP contribution is 2.24. The lowest BCUT2D eigenvalue weighted by atomic mass is 10.0. The van der Waals surface area contributed by atoms with Gasteiger partial charge in [-0.25, -0.2) is 19.2 Å². The van der Waals surface area contributed by atoms with Crippen LogP contribution in [0.4, 0.5) is 15.0 Å². The molecule has 158 valence electrons. The molecule has 0 saturated carbocycles. The number of aryl methyl sites for hydroxylation is 1. The molecule has 0 aromatic carbocycles. The Balaban J connectivity index is 1.46. The van der Waals surface area contributed by atoms with Crippen molar-refractivity contribution in [3.8, 4) is 10.7 Å². The number of piperidine rings is 1. The van der Waals surface area contributed by atoms with Crippen molar-refractivity contribution in [1.82, 2.24) is 30.4 Å². The summed E-state index contributed by atoms with van der Waals surface area (Å²) in [6.45, 7) is 6.42. The normalized spacial score (nSPS) is 19.4. The first-order chi connectivity index (χ1) is 14.4. The third-order valence-corrected chi connectivity index (χ3v) is 5.79. The standard InChI is InChI=1S/C20H24FN7OS/c1-11(2)23-15-6-7-28(10-14(15)21)20(29)25-18-8-17-13(9-22-18)4-5-16(24-17)19-27-26-12(3)30-19/h4-5,8-9,11,14-15,23H,6-7,10H2,1-3H3,(H,22,25,29)/t14-,15-/m1/s1. The third-order valence-electron chi connectivity index (χ3n) is 4.93. The van der Waals surface area contributed by atoms with Crippen molar-refractivity contribution < 1.29 is 9.18 Å². The highest BCUT2D eigenvalue weighted by molar-refractivity contribution is 7.14. The number of nitrogens with one attached hydrogen (secondary N) is 2. The van der Waals surface area contributed by atoms with Gasteiger partial charge < -0.3 is 10.2 Å². The lowest BCUT2D eigenvalue weighted by Gasteiger charge is -2.35. The van der Waals surface area contributed by atoms with Gasteiger partial charge in [0.15, 0.2) is 5.01 Å². The summed E-state index contributed by atoms with van der Waals surface area (Å²) in [5, 5.41) is 16.6. The number of pyridine rings is 2. The molecule has 0 aliphatic carbocycles. The van der Waals surface area contributed by atoms with Crippen molar-refractivity contribution in [2.75, 3.05) is 18.4 Å². The summed E-state index contributed by atoms with van der Waals surface area (Å²) in [5.74, 6) is 0.378. The highest BCUT2D eigenvalue weighted by atomic mass is 32.1. The Morgan fingerprint density at radius 1 is 1.33 bits per heavy atom. The van der Waals surface area contributed by atoms with Gasteiger partial charge in [-0.1, -0.05) is 25.2 Å². The maximum atomic E-state index is 14.5. The molecule has 0 unspecified atom stereocenters. The van der Waals surface area contributed by atoms with Crippen LogP contribution in [0.15, 0.2) is 24.4 Å². The predicted molar refractivity (Wildman–Crippen MR) is 115 cm³/mol. The van der Waals surface area contributed by atoms with Gasteiger partial charge in [0.2, 0.25) is 0 Å². The smallest absolute Gasteiger partial charge is 0.321 e. The maximum Gasteiger partial charge on any atom is 0.323 e. The van der Waals surface area contributed by atoms with E-state index in [9.17, 15) is 9.18 Å². The van der Waals surface area contributed by atoms with E-state index in [1.807, 2.05) is 32.9 Å². The topological polar surface area (TPSA) is 95.9 Å². The fourth-order valence-electron chi connectivity index (χ4n) is 3.50. The van der Waals surface area contributed by atoms with Gasteiger partial charge in [0.1, 0.15) is 22.7 Å². The van der Waals surface area contributed by atoms with Crippen molar-refractivity contribution >= 4 is 34.1 Å². The maximum absolute atomic E-state index is 14.5. The van der Waals surface area contributed by atoms with Crippen molar-refractivity contribution in [1.29, 1.82) is 0 Å². The number of aromatic nitrogens is 4. The summed E-state index contributed by atoms with van der Waals surface area (Å²) < 4.78 is 14.5. The monoisotopic (exact) mass is 429 g/mol. The number of carbonyl (C=O) groups is 1. The predicted octanol–water partition coefficient (Wildman–Crippen LogP) is 3.40. The number of halogens is 1. The first-order valence-corrected chi connectivity index (χ1v) is 10.7. The zero-order chi connectivity index (χ0) is 21.3. The Kier molecular flexibility index (Phi) is 5.87. The van der Waals surface area contributed by atoms with Gasteiger partial charge in [0, 0.05) is 36.3 Å². The molecule has 1 aliphatic heterocycles. The average Bonchev–Trinajstić information content (AvgIpc) is 3.15. The number of rotatable bonds is 4. The number of hydrogen-bond donors (Lipinski definition) is 2. The van der Waals surface area contributed by atoms with Gasteiger partial charge in [-0.15, -0.1) is 10.2 Å². The minimum Gasteiger partial charge on any atom is -0.321 e. The molecule has 10 heteroatoms. The van der Waals surface area contributed by atoms with Gasteiger partial charge in [-0.05, 0) is 25.5 Å². The molecule has 1 aliphatic rings.